The standard InChI is InChI=1S/C10H10Cl2S/c11-7-3-4-8-13-10-6-2-1-5-9(10)12/h1-6H,7-8H2. The SMILES string of the molecule is ClCC=CCSc1ccccc1Cl. The lowest BCUT2D eigenvalue weighted by molar-refractivity contribution is 1.46. The third-order valence-corrected chi connectivity index (χ3v) is 3.07. The van der Waals surface area contributed by atoms with Crippen molar-refractivity contribution < 1.29 is 0 Å². The van der Waals surface area contributed by atoms with Crippen LogP contribution < -0.4 is 0 Å². The Balaban J connectivity index is 2.45. The van der Waals surface area contributed by atoms with Crippen LogP contribution in [0.3, 0.4) is 0 Å². The highest BCUT2D eigenvalue weighted by atomic mass is 35.5. The molecule has 70 valence electrons. The van der Waals surface area contributed by atoms with E-state index in [1.807, 2.05) is 36.4 Å². The van der Waals surface area contributed by atoms with Crippen LogP contribution in [0.2, 0.25) is 5.02 Å². The van der Waals surface area contributed by atoms with Gasteiger partial charge in [-0.3, -0.25) is 0 Å². The lowest BCUT2D eigenvalue weighted by atomic mass is 10.4. The van der Waals surface area contributed by atoms with Crippen molar-refractivity contribution in [3.05, 3.63) is 41.4 Å². The molecule has 0 heterocycles. The zero-order chi connectivity index (χ0) is 9.52. The minimum Gasteiger partial charge on any atom is -0.122 e. The molecule has 0 saturated heterocycles. The van der Waals surface area contributed by atoms with E-state index >= 15 is 0 Å². The van der Waals surface area contributed by atoms with Crippen LogP contribution in [0.1, 0.15) is 0 Å². The lowest BCUT2D eigenvalue weighted by Crippen LogP contribution is -1.75. The first-order valence-electron chi connectivity index (χ1n) is 3.93. The quantitative estimate of drug-likeness (QED) is 0.426. The van der Waals surface area contributed by atoms with Crippen LogP contribution in [0.15, 0.2) is 41.3 Å². The molecule has 0 radical (unpaired) electrons. The van der Waals surface area contributed by atoms with Crippen LogP contribution in [0, 0.1) is 0 Å². The second-order valence-electron chi connectivity index (χ2n) is 2.37. The maximum Gasteiger partial charge on any atom is 0.0541 e. The summed E-state index contributed by atoms with van der Waals surface area (Å²) in [4.78, 5) is 1.11. The molecule has 1 aromatic carbocycles. The van der Waals surface area contributed by atoms with E-state index in [0.29, 0.717) is 5.88 Å². The molecular weight excluding hydrogens is 223 g/mol. The molecule has 0 amide bonds. The van der Waals surface area contributed by atoms with Crippen LogP contribution in [0.5, 0.6) is 0 Å². The maximum absolute atomic E-state index is 5.97. The third kappa shape index (κ3) is 4.08. The number of allylic oxidation sites excluding steroid dienone is 1. The van der Waals surface area contributed by atoms with E-state index in [4.69, 9.17) is 23.2 Å². The number of rotatable bonds is 4. The summed E-state index contributed by atoms with van der Waals surface area (Å²) < 4.78 is 0. The number of benzene rings is 1. The van der Waals surface area contributed by atoms with Crippen molar-refractivity contribution in [2.75, 3.05) is 11.6 Å². The van der Waals surface area contributed by atoms with Crippen molar-refractivity contribution in [3.8, 4) is 0 Å². The van der Waals surface area contributed by atoms with Crippen LogP contribution >= 0.6 is 35.0 Å². The first-order chi connectivity index (χ1) is 6.34. The Bertz CT molecular complexity index is 284. The highest BCUT2D eigenvalue weighted by Crippen LogP contribution is 2.26. The average molecular weight is 233 g/mol. The van der Waals surface area contributed by atoms with Crippen molar-refractivity contribution in [3.63, 3.8) is 0 Å². The fraction of sp³-hybridized carbons (Fsp3) is 0.200. The summed E-state index contributed by atoms with van der Waals surface area (Å²) in [6.07, 6.45) is 3.98. The molecule has 0 aliphatic carbocycles. The zero-order valence-corrected chi connectivity index (χ0v) is 9.37. The summed E-state index contributed by atoms with van der Waals surface area (Å²) >= 11 is 13.2. The molecule has 0 spiro atoms. The molecule has 0 bridgehead atoms. The van der Waals surface area contributed by atoms with Crippen LogP contribution in [0.25, 0.3) is 0 Å². The van der Waals surface area contributed by atoms with E-state index in [-0.39, 0.29) is 0 Å². The second kappa shape index (κ2) is 6.36. The van der Waals surface area contributed by atoms with Crippen LogP contribution in [0.4, 0.5) is 0 Å². The fourth-order valence-electron chi connectivity index (χ4n) is 0.831. The molecule has 1 aromatic rings. The van der Waals surface area contributed by atoms with Gasteiger partial charge in [0.15, 0.2) is 0 Å². The first-order valence-corrected chi connectivity index (χ1v) is 5.82. The Labute approximate surface area is 92.9 Å². The fourth-order valence-corrected chi connectivity index (χ4v) is 2.05. The average Bonchev–Trinajstić information content (AvgIpc) is 2.15. The molecule has 0 fully saturated rings. The summed E-state index contributed by atoms with van der Waals surface area (Å²) in [6.45, 7) is 0. The van der Waals surface area contributed by atoms with Gasteiger partial charge < -0.3 is 0 Å². The van der Waals surface area contributed by atoms with Crippen LogP contribution in [-0.4, -0.2) is 11.6 Å². The molecule has 0 aromatic heterocycles. The van der Waals surface area contributed by atoms with E-state index in [0.717, 1.165) is 15.7 Å². The van der Waals surface area contributed by atoms with E-state index < -0.39 is 0 Å². The van der Waals surface area contributed by atoms with Gasteiger partial charge >= 0.3 is 0 Å². The van der Waals surface area contributed by atoms with Gasteiger partial charge in [0.2, 0.25) is 0 Å². The summed E-state index contributed by atoms with van der Waals surface area (Å²) in [5, 5.41) is 0.812. The van der Waals surface area contributed by atoms with Crippen molar-refractivity contribution >= 4 is 35.0 Å². The Morgan fingerprint density at radius 3 is 2.69 bits per heavy atom. The molecule has 3 heteroatoms. The number of alkyl halides is 1. The highest BCUT2D eigenvalue weighted by molar-refractivity contribution is 7.99. The predicted molar refractivity (Wildman–Crippen MR) is 62.0 cm³/mol. The highest BCUT2D eigenvalue weighted by Gasteiger charge is 1.96. The normalized spacial score (nSPS) is 10.9. The molecule has 0 aliphatic rings. The van der Waals surface area contributed by atoms with Gasteiger partial charge in [-0.2, -0.15) is 0 Å². The van der Waals surface area contributed by atoms with Gasteiger partial charge in [-0.15, -0.1) is 23.4 Å². The third-order valence-electron chi connectivity index (χ3n) is 1.43. The largest absolute Gasteiger partial charge is 0.122 e. The molecule has 0 N–H and O–H groups in total. The van der Waals surface area contributed by atoms with Crippen molar-refractivity contribution in [2.45, 2.75) is 4.90 Å². The molecule has 0 nitrogen and oxygen atoms in total. The Morgan fingerprint density at radius 1 is 1.23 bits per heavy atom. The Hall–Kier alpha value is -0.110. The number of thioether (sulfide) groups is 1. The van der Waals surface area contributed by atoms with Gasteiger partial charge in [-0.05, 0) is 12.1 Å². The van der Waals surface area contributed by atoms with Crippen molar-refractivity contribution in [2.24, 2.45) is 0 Å². The minimum atomic E-state index is 0.573. The summed E-state index contributed by atoms with van der Waals surface area (Å²) in [5.41, 5.74) is 0. The number of hydrogen-bond donors (Lipinski definition) is 0. The monoisotopic (exact) mass is 232 g/mol. The maximum atomic E-state index is 5.97. The molecule has 0 aliphatic heterocycles. The minimum absolute atomic E-state index is 0.573. The molecule has 1 rings (SSSR count). The second-order valence-corrected chi connectivity index (χ2v) is 4.14. The van der Waals surface area contributed by atoms with E-state index in [2.05, 4.69) is 0 Å². The van der Waals surface area contributed by atoms with Gasteiger partial charge in [0.1, 0.15) is 0 Å². The van der Waals surface area contributed by atoms with Crippen molar-refractivity contribution in [1.29, 1.82) is 0 Å². The van der Waals surface area contributed by atoms with E-state index in [1.165, 1.54) is 0 Å². The first kappa shape index (κ1) is 11.0. The Morgan fingerprint density at radius 2 is 2.00 bits per heavy atom. The summed E-state index contributed by atoms with van der Waals surface area (Å²) in [5.74, 6) is 1.49. The summed E-state index contributed by atoms with van der Waals surface area (Å²) in [6, 6.07) is 7.83. The molecule has 13 heavy (non-hydrogen) atoms. The smallest absolute Gasteiger partial charge is 0.0541 e. The van der Waals surface area contributed by atoms with Gasteiger partial charge in [0, 0.05) is 16.5 Å². The van der Waals surface area contributed by atoms with E-state index in [1.54, 1.807) is 11.8 Å². The Kier molecular flexibility index (Phi) is 5.37. The topological polar surface area (TPSA) is 0 Å². The lowest BCUT2D eigenvalue weighted by Gasteiger charge is -1.99. The van der Waals surface area contributed by atoms with Gasteiger partial charge in [-0.1, -0.05) is 35.9 Å². The zero-order valence-electron chi connectivity index (χ0n) is 7.04. The number of halogens is 2. The molecule has 0 unspecified atom stereocenters. The summed E-state index contributed by atoms with van der Waals surface area (Å²) in [7, 11) is 0. The van der Waals surface area contributed by atoms with Gasteiger partial charge in [0.05, 0.1) is 5.02 Å². The molecular formula is C10H10Cl2S. The molecule has 0 saturated carbocycles. The predicted octanol–water partition coefficient (Wildman–Crippen LogP) is 4.23. The number of hydrogen-bond acceptors (Lipinski definition) is 1. The van der Waals surface area contributed by atoms with Gasteiger partial charge in [0.25, 0.3) is 0 Å². The van der Waals surface area contributed by atoms with Crippen LogP contribution in [-0.2, 0) is 0 Å². The van der Waals surface area contributed by atoms with Crippen molar-refractivity contribution in [1.82, 2.24) is 0 Å². The van der Waals surface area contributed by atoms with E-state index in [9.17, 15) is 0 Å². The van der Waals surface area contributed by atoms with Gasteiger partial charge in [-0.25, -0.2) is 0 Å². The molecule has 0 atom stereocenters.